The van der Waals surface area contributed by atoms with E-state index in [-0.39, 0.29) is 15.7 Å². The van der Waals surface area contributed by atoms with Crippen molar-refractivity contribution in [3.8, 4) is 11.5 Å². The number of nitrogens with two attached hydrogens (primary N) is 2. The summed E-state index contributed by atoms with van der Waals surface area (Å²) in [7, 11) is -4.04. The molecule has 0 unspecified atom stereocenters. The molecule has 36 heavy (non-hydrogen) atoms. The van der Waals surface area contributed by atoms with Gasteiger partial charge in [-0.1, -0.05) is 23.7 Å². The van der Waals surface area contributed by atoms with Crippen molar-refractivity contribution in [3.05, 3.63) is 102 Å². The number of rotatable bonds is 8. The van der Waals surface area contributed by atoms with Gasteiger partial charge in [0.15, 0.2) is 18.9 Å². The van der Waals surface area contributed by atoms with E-state index in [4.69, 9.17) is 32.0 Å². The van der Waals surface area contributed by atoms with Crippen LogP contribution < -0.4 is 25.0 Å². The zero-order valence-electron chi connectivity index (χ0n) is 19.7. The van der Waals surface area contributed by atoms with E-state index in [0.717, 1.165) is 29.9 Å². The van der Waals surface area contributed by atoms with Crippen LogP contribution in [0.5, 0.6) is 11.5 Å². The lowest BCUT2D eigenvalue weighted by atomic mass is 10.2. The number of nitrogens with zero attached hydrogens (tertiary/aromatic N) is 2. The fraction of sp³-hybridized carbons (Fsp3) is 0.154. The minimum absolute atomic E-state index is 0.0776. The van der Waals surface area contributed by atoms with Crippen molar-refractivity contribution >= 4 is 33.1 Å². The summed E-state index contributed by atoms with van der Waals surface area (Å²) in [6.45, 7) is 3.08. The molecular formula is C26H28ClN4O4S+. The van der Waals surface area contributed by atoms with Crippen molar-refractivity contribution in [3.63, 3.8) is 0 Å². The number of hydrogen-bond donors (Lipinski definition) is 2. The molecule has 8 nitrogen and oxygen atoms in total. The van der Waals surface area contributed by atoms with Gasteiger partial charge in [0, 0.05) is 48.4 Å². The van der Waals surface area contributed by atoms with Crippen molar-refractivity contribution in [1.29, 1.82) is 0 Å². The molecular weight excluding hydrogens is 500 g/mol. The van der Waals surface area contributed by atoms with Crippen molar-refractivity contribution < 1.29 is 21.9 Å². The highest BCUT2D eigenvalue weighted by molar-refractivity contribution is 7.87. The standard InChI is InChI=1S/C21H21ClN2O4S.C5H6N2/c1-16-13-18(27-12-4-9-24-10-7-17(23)8-11-24)15-19(14-16)28-29(25,26)21-6-3-2-5-20(21)22;6-5-1-3-7-4-2-5/h2-3,5-8,10-11,13-15,23H,4,9,12H2,1H3;1-4H,(H2,6,7)/p+1. The number of halogens is 1. The van der Waals surface area contributed by atoms with E-state index in [1.165, 1.54) is 12.1 Å². The first-order valence-electron chi connectivity index (χ1n) is 11.1. The van der Waals surface area contributed by atoms with Crippen LogP contribution in [0.3, 0.4) is 0 Å². The summed E-state index contributed by atoms with van der Waals surface area (Å²) in [6, 6.07) is 18.3. The summed E-state index contributed by atoms with van der Waals surface area (Å²) in [5.41, 5.74) is 13.3. The fourth-order valence-corrected chi connectivity index (χ4v) is 4.49. The molecule has 10 heteroatoms. The predicted molar refractivity (Wildman–Crippen MR) is 140 cm³/mol. The number of hydrogen-bond acceptors (Lipinski definition) is 7. The van der Waals surface area contributed by atoms with Gasteiger partial charge >= 0.3 is 10.1 Å². The molecule has 188 valence electrons. The summed E-state index contributed by atoms with van der Waals surface area (Å²) in [6.07, 6.45) is 7.92. The van der Waals surface area contributed by atoms with E-state index in [1.54, 1.807) is 48.8 Å². The first-order chi connectivity index (χ1) is 17.2. The zero-order valence-corrected chi connectivity index (χ0v) is 21.3. The average molecular weight is 528 g/mol. The Labute approximate surface area is 216 Å². The highest BCUT2D eigenvalue weighted by atomic mass is 35.5. The summed E-state index contributed by atoms with van der Waals surface area (Å²) >= 11 is 5.99. The van der Waals surface area contributed by atoms with Gasteiger partial charge in [-0.05, 0) is 48.9 Å². The molecule has 0 saturated carbocycles. The van der Waals surface area contributed by atoms with Crippen LogP contribution in [0.1, 0.15) is 12.0 Å². The molecule has 2 aromatic carbocycles. The van der Waals surface area contributed by atoms with E-state index in [9.17, 15) is 8.42 Å². The molecule has 0 bridgehead atoms. The van der Waals surface area contributed by atoms with Crippen LogP contribution in [-0.4, -0.2) is 20.0 Å². The Morgan fingerprint density at radius 3 is 2.19 bits per heavy atom. The third-order valence-electron chi connectivity index (χ3n) is 4.79. The molecule has 0 fully saturated rings. The second-order valence-electron chi connectivity index (χ2n) is 7.80. The van der Waals surface area contributed by atoms with Crippen molar-refractivity contribution in [2.45, 2.75) is 24.8 Å². The smallest absolute Gasteiger partial charge is 0.340 e. The van der Waals surface area contributed by atoms with Gasteiger partial charge in [-0.15, -0.1) is 0 Å². The molecule has 4 rings (SSSR count). The van der Waals surface area contributed by atoms with Crippen LogP contribution in [0.2, 0.25) is 5.02 Å². The van der Waals surface area contributed by atoms with E-state index in [0.29, 0.717) is 12.4 Å². The van der Waals surface area contributed by atoms with Crippen LogP contribution in [0, 0.1) is 6.92 Å². The van der Waals surface area contributed by atoms with Gasteiger partial charge in [0.25, 0.3) is 0 Å². The number of ether oxygens (including phenoxy) is 1. The molecule has 4 N–H and O–H groups in total. The average Bonchev–Trinajstić information content (AvgIpc) is 2.83. The van der Waals surface area contributed by atoms with Gasteiger partial charge in [-0.2, -0.15) is 8.42 Å². The molecule has 4 aromatic rings. The number of anilines is 2. The number of nitrogen functional groups attached to an aromatic ring is 2. The number of benzene rings is 2. The lowest BCUT2D eigenvalue weighted by Gasteiger charge is -2.11. The van der Waals surface area contributed by atoms with Gasteiger partial charge in [0.2, 0.25) is 0 Å². The van der Waals surface area contributed by atoms with Crippen LogP contribution in [0.4, 0.5) is 11.4 Å². The molecule has 0 aliphatic heterocycles. The lowest BCUT2D eigenvalue weighted by molar-refractivity contribution is -0.697. The van der Waals surface area contributed by atoms with Crippen molar-refractivity contribution in [2.75, 3.05) is 18.1 Å². The Bertz CT molecular complexity index is 1370. The van der Waals surface area contributed by atoms with Crippen LogP contribution in [0.25, 0.3) is 0 Å². The Balaban J connectivity index is 0.000000444. The summed E-state index contributed by atoms with van der Waals surface area (Å²) in [4.78, 5) is 3.69. The van der Waals surface area contributed by atoms with Crippen molar-refractivity contribution in [2.24, 2.45) is 0 Å². The normalized spacial score (nSPS) is 10.7. The highest BCUT2D eigenvalue weighted by Gasteiger charge is 2.20. The van der Waals surface area contributed by atoms with E-state index >= 15 is 0 Å². The summed E-state index contributed by atoms with van der Waals surface area (Å²) in [5.74, 6) is 0.712. The Hall–Kier alpha value is -3.82. The lowest BCUT2D eigenvalue weighted by Crippen LogP contribution is -2.33. The molecule has 0 amide bonds. The van der Waals surface area contributed by atoms with Crippen LogP contribution >= 0.6 is 11.6 Å². The first kappa shape index (κ1) is 26.8. The van der Waals surface area contributed by atoms with Crippen molar-refractivity contribution in [1.82, 2.24) is 4.98 Å². The summed E-state index contributed by atoms with van der Waals surface area (Å²) in [5, 5.41) is 0.108. The van der Waals surface area contributed by atoms with E-state index in [2.05, 4.69) is 4.98 Å². The monoisotopic (exact) mass is 527 g/mol. The minimum Gasteiger partial charge on any atom is -0.493 e. The maximum atomic E-state index is 12.5. The Morgan fingerprint density at radius 2 is 1.56 bits per heavy atom. The maximum absolute atomic E-state index is 12.5. The third-order valence-corrected chi connectivity index (χ3v) is 6.54. The van der Waals surface area contributed by atoms with E-state index in [1.807, 2.05) is 42.1 Å². The maximum Gasteiger partial charge on any atom is 0.340 e. The number of pyridine rings is 2. The fourth-order valence-electron chi connectivity index (χ4n) is 3.08. The SMILES string of the molecule is Cc1cc(OCCC[n+]2ccc(N)cc2)cc(OS(=O)(=O)c2ccccc2Cl)c1.Nc1ccncc1. The first-order valence-corrected chi connectivity index (χ1v) is 12.9. The highest BCUT2D eigenvalue weighted by Crippen LogP contribution is 2.28. The summed E-state index contributed by atoms with van der Waals surface area (Å²) < 4.78 is 38.1. The third kappa shape index (κ3) is 8.44. The molecule has 2 heterocycles. The Morgan fingerprint density at radius 1 is 0.917 bits per heavy atom. The molecule has 0 aliphatic carbocycles. The minimum atomic E-state index is -4.04. The van der Waals surface area contributed by atoms with E-state index < -0.39 is 10.1 Å². The molecule has 0 saturated heterocycles. The van der Waals surface area contributed by atoms with Gasteiger partial charge in [0.1, 0.15) is 16.4 Å². The molecule has 0 radical (unpaired) electrons. The molecule has 2 aromatic heterocycles. The number of aromatic nitrogens is 2. The van der Waals surface area contributed by atoms with Gasteiger partial charge in [-0.25, -0.2) is 4.57 Å². The predicted octanol–water partition coefficient (Wildman–Crippen LogP) is 4.42. The second kappa shape index (κ2) is 12.8. The van der Waals surface area contributed by atoms with Gasteiger partial charge in [0.05, 0.1) is 11.6 Å². The van der Waals surface area contributed by atoms with Crippen LogP contribution in [0.15, 0.2) is 96.4 Å². The van der Waals surface area contributed by atoms with Gasteiger partial charge in [-0.3, -0.25) is 4.98 Å². The second-order valence-corrected chi connectivity index (χ2v) is 9.72. The topological polar surface area (TPSA) is 121 Å². The molecule has 0 spiro atoms. The number of aryl methyl sites for hydroxylation is 2. The van der Waals surface area contributed by atoms with Crippen LogP contribution in [-0.2, 0) is 16.7 Å². The molecule has 0 aliphatic rings. The zero-order chi connectivity index (χ0) is 26.0. The Kier molecular flexibility index (Phi) is 9.49. The molecule has 0 atom stereocenters. The quantitative estimate of drug-likeness (QED) is 0.197. The largest absolute Gasteiger partial charge is 0.493 e. The van der Waals surface area contributed by atoms with Gasteiger partial charge < -0.3 is 20.4 Å².